The number of carbonyl (C=O) groups excluding carboxylic acids is 2. The molecule has 0 fully saturated rings. The van der Waals surface area contributed by atoms with Crippen LogP contribution < -0.4 is 4.90 Å². The number of para-hydroxylation sites is 1. The van der Waals surface area contributed by atoms with E-state index >= 15 is 0 Å². The Hall–Kier alpha value is -3.09. The van der Waals surface area contributed by atoms with Gasteiger partial charge in [0.25, 0.3) is 5.91 Å². The summed E-state index contributed by atoms with van der Waals surface area (Å²) in [5, 5.41) is 11.4. The van der Waals surface area contributed by atoms with E-state index in [1.165, 1.54) is 35.4 Å². The maximum absolute atomic E-state index is 14.3. The molecule has 0 radical (unpaired) electrons. The van der Waals surface area contributed by atoms with Gasteiger partial charge in [0, 0.05) is 22.3 Å². The lowest BCUT2D eigenvalue weighted by atomic mass is 9.89. The van der Waals surface area contributed by atoms with Gasteiger partial charge in [0.2, 0.25) is 0 Å². The van der Waals surface area contributed by atoms with Gasteiger partial charge in [-0.05, 0) is 30.3 Å². The van der Waals surface area contributed by atoms with E-state index in [-0.39, 0.29) is 22.8 Å². The van der Waals surface area contributed by atoms with Crippen LogP contribution in [0.3, 0.4) is 0 Å². The minimum absolute atomic E-state index is 0.137. The van der Waals surface area contributed by atoms with E-state index in [9.17, 15) is 19.1 Å². The first-order valence-electron chi connectivity index (χ1n) is 8.93. The van der Waals surface area contributed by atoms with Gasteiger partial charge in [0.1, 0.15) is 11.5 Å². The number of nitrogens with zero attached hydrogens (tertiary/aromatic N) is 2. The van der Waals surface area contributed by atoms with Crippen LogP contribution in [-0.4, -0.2) is 21.8 Å². The number of anilines is 1. The number of Topliss-reactive ketones (excluding diaryl/α,β-unsaturated/α-hetero) is 1. The van der Waals surface area contributed by atoms with Crippen LogP contribution in [0.2, 0.25) is 5.02 Å². The third-order valence-electron chi connectivity index (χ3n) is 4.98. The molecule has 1 aliphatic heterocycles. The van der Waals surface area contributed by atoms with Crippen LogP contribution in [0.5, 0.6) is 0 Å². The summed E-state index contributed by atoms with van der Waals surface area (Å²) in [4.78, 5) is 31.1. The van der Waals surface area contributed by atoms with Gasteiger partial charge in [0.15, 0.2) is 11.4 Å². The molecule has 2 aromatic carbocycles. The minimum atomic E-state index is -2.07. The van der Waals surface area contributed by atoms with Gasteiger partial charge < -0.3 is 10.0 Å². The molecule has 146 valence electrons. The highest BCUT2D eigenvalue weighted by Gasteiger charge is 2.51. The first-order valence-corrected chi connectivity index (χ1v) is 9.30. The smallest absolute Gasteiger partial charge is 0.264 e. The molecule has 1 aromatic heterocycles. The molecule has 0 bridgehead atoms. The molecule has 0 spiro atoms. The topological polar surface area (TPSA) is 70.5 Å². The van der Waals surface area contributed by atoms with Crippen LogP contribution in [0, 0.1) is 5.82 Å². The predicted octanol–water partition coefficient (Wildman–Crippen LogP) is 3.88. The zero-order valence-corrected chi connectivity index (χ0v) is 15.9. The number of rotatable bonds is 5. The van der Waals surface area contributed by atoms with Crippen molar-refractivity contribution in [2.24, 2.45) is 0 Å². The molecule has 1 atom stereocenters. The molecule has 5 nitrogen and oxygen atoms in total. The molecule has 29 heavy (non-hydrogen) atoms. The van der Waals surface area contributed by atoms with Crippen molar-refractivity contribution in [2.45, 2.75) is 18.6 Å². The number of fused-ring (bicyclic) bond motifs is 1. The number of aliphatic hydroxyl groups is 1. The fraction of sp³-hybridized carbons (Fsp3) is 0.136. The van der Waals surface area contributed by atoms with E-state index < -0.39 is 29.5 Å². The van der Waals surface area contributed by atoms with Gasteiger partial charge in [-0.3, -0.25) is 14.6 Å². The molecule has 0 unspecified atom stereocenters. The number of hydrogen-bond acceptors (Lipinski definition) is 4. The van der Waals surface area contributed by atoms with Gasteiger partial charge >= 0.3 is 0 Å². The van der Waals surface area contributed by atoms with E-state index in [1.54, 1.807) is 36.4 Å². The Balaban J connectivity index is 1.72. The fourth-order valence-electron chi connectivity index (χ4n) is 3.53. The molecule has 7 heteroatoms. The zero-order chi connectivity index (χ0) is 20.6. The second-order valence-corrected chi connectivity index (χ2v) is 7.19. The lowest BCUT2D eigenvalue weighted by molar-refractivity contribution is -0.136. The summed E-state index contributed by atoms with van der Waals surface area (Å²) >= 11 is 6.12. The lowest BCUT2D eigenvalue weighted by Crippen LogP contribution is -2.41. The van der Waals surface area contributed by atoms with Crippen LogP contribution in [-0.2, 0) is 16.9 Å². The second-order valence-electron chi connectivity index (χ2n) is 6.78. The SMILES string of the molecule is O=C(C[C@@]1(O)C(=O)N(Cc2c(F)cccc2Cl)c2ccccc21)c1ccccn1. The molecule has 1 aliphatic rings. The minimum Gasteiger partial charge on any atom is -0.375 e. The van der Waals surface area contributed by atoms with E-state index in [0.29, 0.717) is 11.3 Å². The summed E-state index contributed by atoms with van der Waals surface area (Å²) in [5.41, 5.74) is -1.07. The molecular formula is C22H16ClFN2O3. The standard InChI is InChI=1S/C22H16ClFN2O3/c23-16-7-5-8-17(24)14(16)13-26-19-10-2-1-6-15(19)22(29,21(26)28)12-20(27)18-9-3-4-11-25-18/h1-11,29H,12-13H2/t22-/m0/s1. The maximum Gasteiger partial charge on any atom is 0.264 e. The van der Waals surface area contributed by atoms with Crippen LogP contribution in [0.25, 0.3) is 0 Å². The average Bonchev–Trinajstić information content (AvgIpc) is 2.93. The number of aromatic nitrogens is 1. The van der Waals surface area contributed by atoms with Crippen molar-refractivity contribution in [2.75, 3.05) is 4.90 Å². The molecule has 3 aromatic rings. The number of halogens is 2. The highest BCUT2D eigenvalue weighted by Crippen LogP contribution is 2.44. The van der Waals surface area contributed by atoms with Crippen molar-refractivity contribution >= 4 is 29.0 Å². The Labute approximate surface area is 171 Å². The van der Waals surface area contributed by atoms with E-state index in [2.05, 4.69) is 4.98 Å². The van der Waals surface area contributed by atoms with Gasteiger partial charge in [-0.2, -0.15) is 0 Å². The van der Waals surface area contributed by atoms with E-state index in [1.807, 2.05) is 0 Å². The summed E-state index contributed by atoms with van der Waals surface area (Å²) in [6, 6.07) is 15.7. The van der Waals surface area contributed by atoms with Crippen molar-refractivity contribution in [1.82, 2.24) is 4.98 Å². The lowest BCUT2D eigenvalue weighted by Gasteiger charge is -2.23. The average molecular weight is 411 g/mol. The third-order valence-corrected chi connectivity index (χ3v) is 5.34. The van der Waals surface area contributed by atoms with Crippen molar-refractivity contribution < 1.29 is 19.1 Å². The molecule has 1 amide bonds. The predicted molar refractivity (Wildman–Crippen MR) is 106 cm³/mol. The number of benzene rings is 2. The Morgan fingerprint density at radius 2 is 1.86 bits per heavy atom. The normalized spacial score (nSPS) is 18.0. The van der Waals surface area contributed by atoms with Crippen molar-refractivity contribution in [1.29, 1.82) is 0 Å². The Bertz CT molecular complexity index is 1090. The van der Waals surface area contributed by atoms with Gasteiger partial charge in [-0.15, -0.1) is 0 Å². The van der Waals surface area contributed by atoms with Gasteiger partial charge in [-0.25, -0.2) is 4.39 Å². The van der Waals surface area contributed by atoms with Crippen molar-refractivity contribution in [3.63, 3.8) is 0 Å². The molecule has 0 saturated carbocycles. The van der Waals surface area contributed by atoms with E-state index in [4.69, 9.17) is 11.6 Å². The summed E-state index contributed by atoms with van der Waals surface area (Å²) in [7, 11) is 0. The highest BCUT2D eigenvalue weighted by atomic mass is 35.5. The van der Waals surface area contributed by atoms with Crippen molar-refractivity contribution in [3.8, 4) is 0 Å². The zero-order valence-electron chi connectivity index (χ0n) is 15.2. The van der Waals surface area contributed by atoms with Crippen LogP contribution >= 0.6 is 11.6 Å². The quantitative estimate of drug-likeness (QED) is 0.648. The largest absolute Gasteiger partial charge is 0.375 e. The molecule has 2 heterocycles. The Kier molecular flexibility index (Phi) is 4.90. The molecular weight excluding hydrogens is 395 g/mol. The number of amides is 1. The third kappa shape index (κ3) is 3.30. The Morgan fingerprint density at radius 3 is 2.59 bits per heavy atom. The molecule has 0 saturated heterocycles. The summed E-state index contributed by atoms with van der Waals surface area (Å²) in [5.74, 6) is -1.73. The number of carbonyl (C=O) groups is 2. The summed E-state index contributed by atoms with van der Waals surface area (Å²) < 4.78 is 14.3. The van der Waals surface area contributed by atoms with Crippen LogP contribution in [0.1, 0.15) is 28.0 Å². The molecule has 1 N–H and O–H groups in total. The number of hydrogen-bond donors (Lipinski definition) is 1. The number of pyridine rings is 1. The van der Waals surface area contributed by atoms with E-state index in [0.717, 1.165) is 0 Å². The van der Waals surface area contributed by atoms with Crippen molar-refractivity contribution in [3.05, 3.63) is 94.5 Å². The first kappa shape index (κ1) is 19.2. The number of ketones is 1. The Morgan fingerprint density at radius 1 is 1.10 bits per heavy atom. The second kappa shape index (κ2) is 7.39. The van der Waals surface area contributed by atoms with Crippen LogP contribution in [0.4, 0.5) is 10.1 Å². The van der Waals surface area contributed by atoms with Crippen LogP contribution in [0.15, 0.2) is 66.9 Å². The fourth-order valence-corrected chi connectivity index (χ4v) is 3.75. The molecule has 4 rings (SSSR count). The maximum atomic E-state index is 14.3. The summed E-state index contributed by atoms with van der Waals surface area (Å²) in [6.45, 7) is -0.165. The molecule has 0 aliphatic carbocycles. The van der Waals surface area contributed by atoms with Gasteiger partial charge in [-0.1, -0.05) is 41.9 Å². The summed E-state index contributed by atoms with van der Waals surface area (Å²) in [6.07, 6.45) is 0.996. The monoisotopic (exact) mass is 410 g/mol. The highest BCUT2D eigenvalue weighted by molar-refractivity contribution is 6.31. The first-order chi connectivity index (χ1) is 13.9. The van der Waals surface area contributed by atoms with Gasteiger partial charge in [0.05, 0.1) is 18.7 Å².